The molecule has 2 bridgehead atoms. The Morgan fingerprint density at radius 1 is 1.14 bits per heavy atom. The molecule has 2 atom stereocenters. The van der Waals surface area contributed by atoms with Crippen LogP contribution in [0.15, 0.2) is 0 Å². The van der Waals surface area contributed by atoms with E-state index in [0.717, 1.165) is 0 Å². The van der Waals surface area contributed by atoms with E-state index in [-0.39, 0.29) is 11.4 Å². The number of halogens is 1. The van der Waals surface area contributed by atoms with Crippen molar-refractivity contribution in [1.82, 2.24) is 0 Å². The van der Waals surface area contributed by atoms with Gasteiger partial charge in [0.05, 0.1) is 5.41 Å². The minimum atomic E-state index is -0.678. The predicted molar refractivity (Wildman–Crippen MR) is 53.9 cm³/mol. The predicted octanol–water partition coefficient (Wildman–Crippen LogP) is 2.03. The molecule has 2 aliphatic rings. The first-order chi connectivity index (χ1) is 6.26. The van der Waals surface area contributed by atoms with Gasteiger partial charge in [-0.15, -0.1) is 0 Å². The number of hydrogen-bond acceptors (Lipinski definition) is 3. The summed E-state index contributed by atoms with van der Waals surface area (Å²) in [5, 5.41) is 0. The maximum Gasteiger partial charge on any atom is 0.331 e. The third-order valence-corrected chi connectivity index (χ3v) is 6.01. The molecule has 0 spiro atoms. The molecule has 78 valence electrons. The molecule has 0 radical (unpaired) electrons. The van der Waals surface area contributed by atoms with Gasteiger partial charge in [-0.25, -0.2) is 0 Å². The molecule has 1 aliphatic heterocycles. The molecule has 0 unspecified atom stereocenters. The first kappa shape index (κ1) is 10.1. The van der Waals surface area contributed by atoms with Crippen molar-refractivity contribution < 1.29 is 14.3 Å². The summed E-state index contributed by atoms with van der Waals surface area (Å²) in [5.74, 6) is -0.803. The van der Waals surface area contributed by atoms with E-state index in [1.807, 2.05) is 20.8 Å². The minimum Gasteiger partial charge on any atom is -0.392 e. The van der Waals surface area contributed by atoms with Crippen molar-refractivity contribution in [2.75, 3.05) is 0 Å². The summed E-state index contributed by atoms with van der Waals surface area (Å²) in [5.41, 5.74) is -0.920. The molecule has 2 rings (SSSR count). The van der Waals surface area contributed by atoms with Crippen LogP contribution in [0.5, 0.6) is 0 Å². The number of carbonyl (C=O) groups excluding carboxylic acids is 2. The Balaban J connectivity index is 2.61. The SMILES string of the molecule is CC1(C)[C@@]2(C)CC[C@@]1(Br)C(=O)OC2=O. The van der Waals surface area contributed by atoms with E-state index in [1.165, 1.54) is 0 Å². The van der Waals surface area contributed by atoms with Gasteiger partial charge in [-0.1, -0.05) is 29.8 Å². The summed E-state index contributed by atoms with van der Waals surface area (Å²) in [6.45, 7) is 5.78. The van der Waals surface area contributed by atoms with Crippen molar-refractivity contribution in [2.24, 2.45) is 10.8 Å². The van der Waals surface area contributed by atoms with E-state index < -0.39 is 15.7 Å². The molecular formula is C10H13BrO3. The van der Waals surface area contributed by atoms with E-state index in [1.54, 1.807) is 0 Å². The third-order valence-electron chi connectivity index (χ3n) is 4.30. The van der Waals surface area contributed by atoms with Crippen LogP contribution < -0.4 is 0 Å². The van der Waals surface area contributed by atoms with Gasteiger partial charge in [0.15, 0.2) is 0 Å². The van der Waals surface area contributed by atoms with E-state index in [4.69, 9.17) is 4.74 Å². The van der Waals surface area contributed by atoms with Crippen molar-refractivity contribution >= 4 is 27.9 Å². The second-order valence-electron chi connectivity index (χ2n) is 4.94. The van der Waals surface area contributed by atoms with Gasteiger partial charge in [0.2, 0.25) is 0 Å². The van der Waals surface area contributed by atoms with Crippen LogP contribution in [0.4, 0.5) is 0 Å². The van der Waals surface area contributed by atoms with Gasteiger partial charge in [-0.2, -0.15) is 0 Å². The molecule has 1 aliphatic carbocycles. The molecule has 2 fully saturated rings. The lowest BCUT2D eigenvalue weighted by molar-refractivity contribution is -0.182. The van der Waals surface area contributed by atoms with Crippen LogP contribution in [0.2, 0.25) is 0 Å². The average Bonchev–Trinajstić information content (AvgIpc) is 2.21. The number of ether oxygens (including phenoxy) is 1. The Morgan fingerprint density at radius 3 is 2.29 bits per heavy atom. The molecule has 1 heterocycles. The highest BCUT2D eigenvalue weighted by Crippen LogP contribution is 2.64. The second kappa shape index (κ2) is 2.40. The lowest BCUT2D eigenvalue weighted by atomic mass is 9.64. The highest BCUT2D eigenvalue weighted by Gasteiger charge is 2.71. The monoisotopic (exact) mass is 260 g/mol. The fourth-order valence-electron chi connectivity index (χ4n) is 2.48. The summed E-state index contributed by atoms with van der Waals surface area (Å²) in [4.78, 5) is 23.3. The quantitative estimate of drug-likeness (QED) is 0.380. The molecule has 14 heavy (non-hydrogen) atoms. The number of hydrogen-bond donors (Lipinski definition) is 0. The number of rotatable bonds is 0. The number of carbonyl (C=O) groups is 2. The van der Waals surface area contributed by atoms with Crippen LogP contribution in [0, 0.1) is 10.8 Å². The van der Waals surface area contributed by atoms with Crippen LogP contribution in [0.25, 0.3) is 0 Å². The van der Waals surface area contributed by atoms with Gasteiger partial charge in [-0.05, 0) is 19.8 Å². The van der Waals surface area contributed by atoms with Gasteiger partial charge < -0.3 is 4.74 Å². The zero-order chi connectivity index (χ0) is 10.8. The zero-order valence-electron chi connectivity index (χ0n) is 8.52. The van der Waals surface area contributed by atoms with Crippen LogP contribution in [0.1, 0.15) is 33.6 Å². The summed E-state index contributed by atoms with van der Waals surface area (Å²) in [6.07, 6.45) is 1.37. The topological polar surface area (TPSA) is 43.4 Å². The summed E-state index contributed by atoms with van der Waals surface area (Å²) < 4.78 is 4.11. The van der Waals surface area contributed by atoms with Gasteiger partial charge in [0, 0.05) is 5.41 Å². The molecule has 0 aromatic carbocycles. The Bertz CT molecular complexity index is 306. The lowest BCUT2D eigenvalue weighted by Gasteiger charge is -2.46. The van der Waals surface area contributed by atoms with Crippen molar-refractivity contribution in [3.63, 3.8) is 0 Å². The second-order valence-corrected chi connectivity index (χ2v) is 6.29. The number of esters is 2. The molecule has 0 amide bonds. The largest absolute Gasteiger partial charge is 0.392 e. The van der Waals surface area contributed by atoms with E-state index in [9.17, 15) is 9.59 Å². The molecule has 0 aromatic heterocycles. The Kier molecular flexibility index (Phi) is 1.74. The normalized spacial score (nSPS) is 45.1. The van der Waals surface area contributed by atoms with Crippen molar-refractivity contribution in [3.8, 4) is 0 Å². The third kappa shape index (κ3) is 0.794. The molecule has 0 N–H and O–H groups in total. The zero-order valence-corrected chi connectivity index (χ0v) is 10.1. The van der Waals surface area contributed by atoms with E-state index in [2.05, 4.69) is 15.9 Å². The molecule has 0 aromatic rings. The standard InChI is InChI=1S/C10H13BrO3/c1-8(2)9(3)4-5-10(8,11)7(13)14-6(9)12/h4-5H2,1-3H3/t9-,10+/m0/s1. The Labute approximate surface area is 91.3 Å². The summed E-state index contributed by atoms with van der Waals surface area (Å²) in [6, 6.07) is 0. The summed E-state index contributed by atoms with van der Waals surface area (Å²) in [7, 11) is 0. The van der Waals surface area contributed by atoms with Crippen LogP contribution in [-0.2, 0) is 14.3 Å². The average molecular weight is 261 g/mol. The number of cyclic esters (lactones) is 2. The minimum absolute atomic E-state index is 0.375. The van der Waals surface area contributed by atoms with Crippen LogP contribution in [0.3, 0.4) is 0 Å². The first-order valence-corrected chi connectivity index (χ1v) is 5.51. The Hall–Kier alpha value is -0.380. The van der Waals surface area contributed by atoms with Crippen molar-refractivity contribution in [2.45, 2.75) is 37.9 Å². The maximum atomic E-state index is 11.7. The maximum absolute atomic E-state index is 11.7. The van der Waals surface area contributed by atoms with Gasteiger partial charge in [0.25, 0.3) is 0 Å². The van der Waals surface area contributed by atoms with Crippen molar-refractivity contribution in [3.05, 3.63) is 0 Å². The summed E-state index contributed by atoms with van der Waals surface area (Å²) >= 11 is 3.46. The van der Waals surface area contributed by atoms with Gasteiger partial charge in [-0.3, -0.25) is 9.59 Å². The fraction of sp³-hybridized carbons (Fsp3) is 0.800. The number of fused-ring (bicyclic) bond motifs is 2. The van der Waals surface area contributed by atoms with E-state index in [0.29, 0.717) is 12.8 Å². The molecule has 1 saturated heterocycles. The highest BCUT2D eigenvalue weighted by molar-refractivity contribution is 9.10. The lowest BCUT2D eigenvalue weighted by Crippen LogP contribution is -2.57. The fourth-order valence-corrected chi connectivity index (χ4v) is 3.19. The molecular weight excluding hydrogens is 248 g/mol. The van der Waals surface area contributed by atoms with Gasteiger partial charge in [0.1, 0.15) is 4.32 Å². The Morgan fingerprint density at radius 2 is 1.71 bits per heavy atom. The molecule has 3 nitrogen and oxygen atoms in total. The smallest absolute Gasteiger partial charge is 0.331 e. The highest BCUT2D eigenvalue weighted by atomic mass is 79.9. The molecule has 1 saturated carbocycles. The molecule has 4 heteroatoms. The van der Waals surface area contributed by atoms with Crippen LogP contribution >= 0.6 is 15.9 Å². The van der Waals surface area contributed by atoms with Gasteiger partial charge >= 0.3 is 11.9 Å². The first-order valence-electron chi connectivity index (χ1n) is 4.71. The van der Waals surface area contributed by atoms with E-state index >= 15 is 0 Å². The number of alkyl halides is 1. The van der Waals surface area contributed by atoms with Crippen LogP contribution in [-0.4, -0.2) is 16.3 Å². The van der Waals surface area contributed by atoms with Crippen molar-refractivity contribution in [1.29, 1.82) is 0 Å².